The Kier molecular flexibility index (Phi) is 6.49. The van der Waals surface area contributed by atoms with Crippen LogP contribution in [0.1, 0.15) is 38.0 Å². The highest BCUT2D eigenvalue weighted by Crippen LogP contribution is 2.33. The molecular formula is C21H31N5O4S. The molecule has 2 aliphatic heterocycles. The molecule has 170 valence electrons. The van der Waals surface area contributed by atoms with E-state index in [0.717, 1.165) is 56.3 Å². The highest BCUT2D eigenvalue weighted by Gasteiger charge is 2.22. The first-order valence-electron chi connectivity index (χ1n) is 10.8. The molecular weight excluding hydrogens is 418 g/mol. The number of nitrogens with zero attached hydrogens (tertiary/aromatic N) is 4. The fraction of sp³-hybridized carbons (Fsp3) is 0.619. The van der Waals surface area contributed by atoms with Gasteiger partial charge in [-0.3, -0.25) is 0 Å². The van der Waals surface area contributed by atoms with Crippen LogP contribution in [-0.4, -0.2) is 59.8 Å². The van der Waals surface area contributed by atoms with Crippen molar-refractivity contribution in [2.75, 3.05) is 26.4 Å². The van der Waals surface area contributed by atoms with Gasteiger partial charge in [-0.1, -0.05) is 13.0 Å². The predicted octanol–water partition coefficient (Wildman–Crippen LogP) is 1.57. The van der Waals surface area contributed by atoms with Gasteiger partial charge in [0.05, 0.1) is 11.8 Å². The zero-order chi connectivity index (χ0) is 22.0. The quantitative estimate of drug-likeness (QED) is 0.653. The average molecular weight is 450 g/mol. The first kappa shape index (κ1) is 22.0. The maximum absolute atomic E-state index is 12.1. The van der Waals surface area contributed by atoms with E-state index in [2.05, 4.69) is 43.4 Å². The lowest BCUT2D eigenvalue weighted by Crippen LogP contribution is -2.33. The number of rotatable bonds is 8. The molecule has 0 spiro atoms. The summed E-state index contributed by atoms with van der Waals surface area (Å²) in [5, 5.41) is 8.05. The summed E-state index contributed by atoms with van der Waals surface area (Å²) in [6, 6.07) is 6.17. The molecule has 2 aromatic rings. The second-order valence-electron chi connectivity index (χ2n) is 8.65. The average Bonchev–Trinajstić information content (AvgIpc) is 3.29. The molecule has 0 bridgehead atoms. The SMILES string of the molecule is CC(C)S(=O)(=O)NCc1nnc2n1CCN(C[C@H](C)Cc1ccc3c(c1)OCO3)CC2. The molecule has 3 heterocycles. The second-order valence-corrected chi connectivity index (χ2v) is 11.0. The highest BCUT2D eigenvalue weighted by molar-refractivity contribution is 7.90. The van der Waals surface area contributed by atoms with Crippen molar-refractivity contribution in [2.24, 2.45) is 5.92 Å². The van der Waals surface area contributed by atoms with Gasteiger partial charge in [0.25, 0.3) is 0 Å². The Morgan fingerprint density at radius 3 is 2.71 bits per heavy atom. The standard InChI is InChI=1S/C21H31N5O4S/c1-15(2)31(27,28)22-12-21-24-23-20-6-7-25(8-9-26(20)21)13-16(3)10-17-4-5-18-19(11-17)30-14-29-18/h4-5,11,15-16,22H,6-10,12-14H2,1-3H3/t16-/m1/s1. The number of ether oxygens (including phenoxy) is 2. The summed E-state index contributed by atoms with van der Waals surface area (Å²) in [7, 11) is -3.33. The van der Waals surface area contributed by atoms with Gasteiger partial charge >= 0.3 is 0 Å². The molecule has 0 saturated carbocycles. The van der Waals surface area contributed by atoms with Crippen molar-refractivity contribution in [2.45, 2.75) is 52.0 Å². The molecule has 0 saturated heterocycles. The van der Waals surface area contributed by atoms with Crippen molar-refractivity contribution >= 4 is 10.0 Å². The third-order valence-electron chi connectivity index (χ3n) is 5.84. The Morgan fingerprint density at radius 2 is 1.90 bits per heavy atom. The first-order valence-corrected chi connectivity index (χ1v) is 12.4. The summed E-state index contributed by atoms with van der Waals surface area (Å²) in [4.78, 5) is 2.45. The summed E-state index contributed by atoms with van der Waals surface area (Å²) in [5.41, 5.74) is 1.25. The van der Waals surface area contributed by atoms with Gasteiger partial charge in [0.15, 0.2) is 11.5 Å². The van der Waals surface area contributed by atoms with Gasteiger partial charge in [-0.25, -0.2) is 13.1 Å². The molecule has 1 aromatic heterocycles. The molecule has 4 rings (SSSR count). The number of fused-ring (bicyclic) bond motifs is 2. The van der Waals surface area contributed by atoms with Crippen molar-refractivity contribution < 1.29 is 17.9 Å². The van der Waals surface area contributed by atoms with Gasteiger partial charge < -0.3 is 18.9 Å². The van der Waals surface area contributed by atoms with E-state index in [1.807, 2.05) is 6.07 Å². The minimum atomic E-state index is -3.33. The van der Waals surface area contributed by atoms with Crippen LogP contribution in [0, 0.1) is 5.92 Å². The molecule has 1 aromatic carbocycles. The van der Waals surface area contributed by atoms with Crippen molar-refractivity contribution in [3.8, 4) is 11.5 Å². The molecule has 0 aliphatic carbocycles. The van der Waals surface area contributed by atoms with Crippen LogP contribution in [0.15, 0.2) is 18.2 Å². The van der Waals surface area contributed by atoms with E-state index in [9.17, 15) is 8.42 Å². The fourth-order valence-electron chi connectivity index (χ4n) is 4.05. The maximum atomic E-state index is 12.1. The van der Waals surface area contributed by atoms with E-state index in [1.165, 1.54) is 5.56 Å². The van der Waals surface area contributed by atoms with E-state index < -0.39 is 15.3 Å². The van der Waals surface area contributed by atoms with Crippen LogP contribution in [0.3, 0.4) is 0 Å². The summed E-state index contributed by atoms with van der Waals surface area (Å²) in [5.74, 6) is 3.73. The summed E-state index contributed by atoms with van der Waals surface area (Å²) < 4.78 is 39.7. The lowest BCUT2D eigenvalue weighted by atomic mass is 10.00. The largest absolute Gasteiger partial charge is 0.454 e. The molecule has 0 fully saturated rings. The molecule has 2 aliphatic rings. The van der Waals surface area contributed by atoms with E-state index in [-0.39, 0.29) is 6.54 Å². The Hall–Kier alpha value is -2.17. The summed E-state index contributed by atoms with van der Waals surface area (Å²) in [6.45, 7) is 9.62. The number of aromatic nitrogens is 3. The van der Waals surface area contributed by atoms with Crippen molar-refractivity contribution in [3.63, 3.8) is 0 Å². The molecule has 0 amide bonds. The Morgan fingerprint density at radius 1 is 1.10 bits per heavy atom. The number of nitrogens with one attached hydrogen (secondary N) is 1. The van der Waals surface area contributed by atoms with Crippen LogP contribution in [0.2, 0.25) is 0 Å². The molecule has 0 unspecified atom stereocenters. The van der Waals surface area contributed by atoms with Gasteiger partial charge in [0.2, 0.25) is 16.8 Å². The minimum Gasteiger partial charge on any atom is -0.454 e. The smallest absolute Gasteiger partial charge is 0.231 e. The van der Waals surface area contributed by atoms with E-state index in [0.29, 0.717) is 18.5 Å². The highest BCUT2D eigenvalue weighted by atomic mass is 32.2. The maximum Gasteiger partial charge on any atom is 0.231 e. The lowest BCUT2D eigenvalue weighted by molar-refractivity contribution is 0.174. The number of hydrogen-bond donors (Lipinski definition) is 1. The Bertz CT molecular complexity index is 1020. The van der Waals surface area contributed by atoms with E-state index >= 15 is 0 Å². The Labute approximate surface area is 183 Å². The van der Waals surface area contributed by atoms with Crippen LogP contribution < -0.4 is 14.2 Å². The number of sulfonamides is 1. The van der Waals surface area contributed by atoms with Crippen LogP contribution in [0.5, 0.6) is 11.5 Å². The van der Waals surface area contributed by atoms with Crippen LogP contribution in [0.25, 0.3) is 0 Å². The van der Waals surface area contributed by atoms with Gasteiger partial charge in [-0.05, 0) is 43.9 Å². The summed E-state index contributed by atoms with van der Waals surface area (Å²) in [6.07, 6.45) is 1.78. The lowest BCUT2D eigenvalue weighted by Gasteiger charge is -2.24. The van der Waals surface area contributed by atoms with Crippen molar-refractivity contribution in [3.05, 3.63) is 35.4 Å². The normalized spacial score (nSPS) is 17.5. The minimum absolute atomic E-state index is 0.175. The monoisotopic (exact) mass is 449 g/mol. The third kappa shape index (κ3) is 5.19. The molecule has 10 heteroatoms. The molecule has 1 N–H and O–H groups in total. The van der Waals surface area contributed by atoms with E-state index in [1.54, 1.807) is 13.8 Å². The van der Waals surface area contributed by atoms with Gasteiger partial charge in [0.1, 0.15) is 11.6 Å². The van der Waals surface area contributed by atoms with Gasteiger partial charge in [0, 0.05) is 32.6 Å². The third-order valence-corrected chi connectivity index (χ3v) is 7.63. The fourth-order valence-corrected chi connectivity index (χ4v) is 4.71. The topological polar surface area (TPSA) is 98.6 Å². The number of benzene rings is 1. The molecule has 1 atom stereocenters. The van der Waals surface area contributed by atoms with Crippen LogP contribution in [0.4, 0.5) is 0 Å². The van der Waals surface area contributed by atoms with Crippen LogP contribution in [-0.2, 0) is 36.0 Å². The van der Waals surface area contributed by atoms with E-state index in [4.69, 9.17) is 9.47 Å². The van der Waals surface area contributed by atoms with Crippen molar-refractivity contribution in [1.29, 1.82) is 0 Å². The summed E-state index contributed by atoms with van der Waals surface area (Å²) >= 11 is 0. The molecule has 0 radical (unpaired) electrons. The predicted molar refractivity (Wildman–Crippen MR) is 116 cm³/mol. The van der Waals surface area contributed by atoms with Crippen LogP contribution >= 0.6 is 0 Å². The molecule has 9 nitrogen and oxygen atoms in total. The van der Waals surface area contributed by atoms with Gasteiger partial charge in [-0.15, -0.1) is 10.2 Å². The zero-order valence-electron chi connectivity index (χ0n) is 18.4. The van der Waals surface area contributed by atoms with Gasteiger partial charge in [-0.2, -0.15) is 0 Å². The Balaban J connectivity index is 1.31. The molecule has 31 heavy (non-hydrogen) atoms. The zero-order valence-corrected chi connectivity index (χ0v) is 19.2. The second kappa shape index (κ2) is 9.13. The number of hydrogen-bond acceptors (Lipinski definition) is 7. The van der Waals surface area contributed by atoms with Crippen molar-refractivity contribution in [1.82, 2.24) is 24.4 Å². The first-order chi connectivity index (χ1) is 14.8.